The van der Waals surface area contributed by atoms with Crippen molar-refractivity contribution in [3.05, 3.63) is 71.9 Å². The molecule has 0 bridgehead atoms. The molecule has 0 aliphatic rings. The average molecular weight is 263 g/mol. The lowest BCUT2D eigenvalue weighted by atomic mass is 10.1. The molecule has 1 heterocycles. The van der Waals surface area contributed by atoms with Crippen LogP contribution < -0.4 is 0 Å². The van der Waals surface area contributed by atoms with Crippen molar-refractivity contribution >= 4 is 16.7 Å². The Morgan fingerprint density at radius 1 is 1.05 bits per heavy atom. The third kappa shape index (κ3) is 2.64. The molecule has 0 unspecified atom stereocenters. The summed E-state index contributed by atoms with van der Waals surface area (Å²) in [5.41, 5.74) is 3.42. The van der Waals surface area contributed by atoms with Crippen LogP contribution in [-0.2, 0) is 17.8 Å². The number of aryl methyl sites for hydroxylation is 1. The van der Waals surface area contributed by atoms with E-state index in [2.05, 4.69) is 31.2 Å². The first kappa shape index (κ1) is 12.7. The summed E-state index contributed by atoms with van der Waals surface area (Å²) in [6.45, 7) is 2.50. The van der Waals surface area contributed by atoms with Crippen molar-refractivity contribution < 1.29 is 4.79 Å². The molecule has 0 fully saturated rings. The monoisotopic (exact) mass is 263 g/mol. The van der Waals surface area contributed by atoms with Gasteiger partial charge in [0.1, 0.15) is 0 Å². The zero-order chi connectivity index (χ0) is 13.9. The molecule has 2 heteroatoms. The second kappa shape index (κ2) is 5.33. The van der Waals surface area contributed by atoms with E-state index in [9.17, 15) is 4.79 Å². The maximum atomic E-state index is 12.2. The number of hydrogen-bond acceptors (Lipinski definition) is 1. The number of carbonyl (C=O) groups excluding carboxylic acids is 1. The molecule has 2 nitrogen and oxygen atoms in total. The molecule has 100 valence electrons. The Labute approximate surface area is 118 Å². The molecule has 2 aromatic carbocycles. The highest BCUT2D eigenvalue weighted by molar-refractivity contribution is 5.85. The highest BCUT2D eigenvalue weighted by Gasteiger charge is 2.07. The predicted octanol–water partition coefficient (Wildman–Crippen LogP) is 3.76. The Morgan fingerprint density at radius 2 is 1.85 bits per heavy atom. The van der Waals surface area contributed by atoms with Gasteiger partial charge < -0.3 is 4.57 Å². The van der Waals surface area contributed by atoms with Crippen LogP contribution in [0.15, 0.2) is 60.8 Å². The summed E-state index contributed by atoms with van der Waals surface area (Å²) in [5, 5.41) is 1.18. The summed E-state index contributed by atoms with van der Waals surface area (Å²) in [7, 11) is 0. The van der Waals surface area contributed by atoms with Crippen molar-refractivity contribution in [2.45, 2.75) is 19.9 Å². The SMILES string of the molecule is Cc1ccc2ccn(CC(=O)Cc3ccccc3)c2c1. The van der Waals surface area contributed by atoms with E-state index in [0.717, 1.165) is 11.1 Å². The molecule has 1 aromatic heterocycles. The van der Waals surface area contributed by atoms with E-state index in [1.807, 2.05) is 41.1 Å². The van der Waals surface area contributed by atoms with Gasteiger partial charge in [-0.15, -0.1) is 0 Å². The maximum absolute atomic E-state index is 12.2. The smallest absolute Gasteiger partial charge is 0.156 e. The molecule has 0 saturated heterocycles. The Kier molecular flexibility index (Phi) is 3.38. The number of Topliss-reactive ketones (excluding diaryl/α,β-unsaturated/α-hetero) is 1. The molecule has 0 aliphatic heterocycles. The van der Waals surface area contributed by atoms with Gasteiger partial charge in [0, 0.05) is 18.1 Å². The second-order valence-electron chi connectivity index (χ2n) is 5.21. The first-order valence-corrected chi connectivity index (χ1v) is 6.83. The largest absolute Gasteiger partial charge is 0.340 e. The van der Waals surface area contributed by atoms with E-state index < -0.39 is 0 Å². The van der Waals surface area contributed by atoms with E-state index in [-0.39, 0.29) is 5.78 Å². The number of aromatic nitrogens is 1. The van der Waals surface area contributed by atoms with Crippen LogP contribution in [0.5, 0.6) is 0 Å². The molecule has 3 rings (SSSR count). The Morgan fingerprint density at radius 3 is 2.65 bits per heavy atom. The summed E-state index contributed by atoms with van der Waals surface area (Å²) < 4.78 is 2.04. The number of benzene rings is 2. The summed E-state index contributed by atoms with van der Waals surface area (Å²) in [4.78, 5) is 12.2. The lowest BCUT2D eigenvalue weighted by Gasteiger charge is -2.06. The topological polar surface area (TPSA) is 22.0 Å². The van der Waals surface area contributed by atoms with Crippen molar-refractivity contribution in [1.82, 2.24) is 4.57 Å². The van der Waals surface area contributed by atoms with Crippen molar-refractivity contribution in [2.75, 3.05) is 0 Å². The molecule has 0 atom stereocenters. The first-order valence-electron chi connectivity index (χ1n) is 6.83. The fourth-order valence-corrected chi connectivity index (χ4v) is 2.50. The zero-order valence-corrected chi connectivity index (χ0v) is 11.5. The molecular formula is C18H17NO. The van der Waals surface area contributed by atoms with E-state index in [4.69, 9.17) is 0 Å². The van der Waals surface area contributed by atoms with Gasteiger partial charge in [-0.2, -0.15) is 0 Å². The zero-order valence-electron chi connectivity index (χ0n) is 11.5. The van der Waals surface area contributed by atoms with Crippen LogP contribution >= 0.6 is 0 Å². The predicted molar refractivity (Wildman–Crippen MR) is 81.8 cm³/mol. The Bertz CT molecular complexity index is 740. The Hall–Kier alpha value is -2.35. The number of ketones is 1. The molecule has 0 spiro atoms. The number of rotatable bonds is 4. The first-order chi connectivity index (χ1) is 9.72. The summed E-state index contributed by atoms with van der Waals surface area (Å²) in [5.74, 6) is 0.232. The van der Waals surface area contributed by atoms with E-state index in [0.29, 0.717) is 13.0 Å². The standard InChI is InChI=1S/C18H17NO/c1-14-7-8-16-9-10-19(18(16)11-14)13-17(20)12-15-5-3-2-4-6-15/h2-11H,12-13H2,1H3. The van der Waals surface area contributed by atoms with Gasteiger partial charge in [0.05, 0.1) is 6.54 Å². The quantitative estimate of drug-likeness (QED) is 0.702. The lowest BCUT2D eigenvalue weighted by Crippen LogP contribution is -2.11. The van der Waals surface area contributed by atoms with E-state index in [1.165, 1.54) is 10.9 Å². The minimum atomic E-state index is 0.232. The van der Waals surface area contributed by atoms with Gasteiger partial charge in [-0.25, -0.2) is 0 Å². The van der Waals surface area contributed by atoms with E-state index in [1.54, 1.807) is 0 Å². The summed E-state index contributed by atoms with van der Waals surface area (Å²) >= 11 is 0. The molecule has 0 N–H and O–H groups in total. The fourth-order valence-electron chi connectivity index (χ4n) is 2.50. The molecule has 0 amide bonds. The van der Waals surface area contributed by atoms with Crippen LogP contribution in [0.4, 0.5) is 0 Å². The van der Waals surface area contributed by atoms with Crippen molar-refractivity contribution in [3.63, 3.8) is 0 Å². The maximum Gasteiger partial charge on any atom is 0.156 e. The van der Waals surface area contributed by atoms with Gasteiger partial charge in [0.25, 0.3) is 0 Å². The minimum Gasteiger partial charge on any atom is -0.340 e. The van der Waals surface area contributed by atoms with Crippen LogP contribution in [0, 0.1) is 6.92 Å². The third-order valence-corrected chi connectivity index (χ3v) is 3.52. The van der Waals surface area contributed by atoms with Gasteiger partial charge >= 0.3 is 0 Å². The average Bonchev–Trinajstić information content (AvgIpc) is 2.82. The normalized spacial score (nSPS) is 10.8. The molecule has 0 saturated carbocycles. The van der Waals surface area contributed by atoms with Crippen LogP contribution in [0.25, 0.3) is 10.9 Å². The number of fused-ring (bicyclic) bond motifs is 1. The van der Waals surface area contributed by atoms with Gasteiger partial charge in [0.15, 0.2) is 5.78 Å². The lowest BCUT2D eigenvalue weighted by molar-refractivity contribution is -0.118. The molecular weight excluding hydrogens is 246 g/mol. The van der Waals surface area contributed by atoms with Crippen LogP contribution in [-0.4, -0.2) is 10.4 Å². The van der Waals surface area contributed by atoms with Gasteiger partial charge in [-0.05, 0) is 35.6 Å². The second-order valence-corrected chi connectivity index (χ2v) is 5.21. The van der Waals surface area contributed by atoms with Gasteiger partial charge in [0.2, 0.25) is 0 Å². The van der Waals surface area contributed by atoms with Gasteiger partial charge in [-0.1, -0.05) is 42.5 Å². The van der Waals surface area contributed by atoms with Crippen molar-refractivity contribution in [1.29, 1.82) is 0 Å². The van der Waals surface area contributed by atoms with E-state index >= 15 is 0 Å². The molecule has 0 aliphatic carbocycles. The summed E-state index contributed by atoms with van der Waals surface area (Å²) in [6.07, 6.45) is 2.49. The third-order valence-electron chi connectivity index (χ3n) is 3.52. The van der Waals surface area contributed by atoms with Gasteiger partial charge in [-0.3, -0.25) is 4.79 Å². The number of nitrogens with zero attached hydrogens (tertiary/aromatic N) is 1. The molecule has 3 aromatic rings. The van der Waals surface area contributed by atoms with Crippen LogP contribution in [0.2, 0.25) is 0 Å². The van der Waals surface area contributed by atoms with Crippen molar-refractivity contribution in [3.8, 4) is 0 Å². The number of hydrogen-bond donors (Lipinski definition) is 0. The van der Waals surface area contributed by atoms with Crippen LogP contribution in [0.1, 0.15) is 11.1 Å². The van der Waals surface area contributed by atoms with Crippen molar-refractivity contribution in [2.24, 2.45) is 0 Å². The highest BCUT2D eigenvalue weighted by atomic mass is 16.1. The number of carbonyl (C=O) groups is 1. The Balaban J connectivity index is 1.79. The van der Waals surface area contributed by atoms with Crippen LogP contribution in [0.3, 0.4) is 0 Å². The molecule has 0 radical (unpaired) electrons. The minimum absolute atomic E-state index is 0.232. The fraction of sp³-hybridized carbons (Fsp3) is 0.167. The summed E-state index contributed by atoms with van der Waals surface area (Å²) in [6, 6.07) is 18.3. The molecule has 20 heavy (non-hydrogen) atoms. The highest BCUT2D eigenvalue weighted by Crippen LogP contribution is 2.17.